The maximum Gasteiger partial charge on any atom is 0.225 e. The molecule has 0 aliphatic heterocycles. The van der Waals surface area contributed by atoms with Crippen molar-refractivity contribution in [2.75, 3.05) is 10.2 Å². The zero-order valence-electron chi connectivity index (χ0n) is 21.9. The molecule has 11 heteroatoms. The van der Waals surface area contributed by atoms with Gasteiger partial charge >= 0.3 is 0 Å². The molecule has 0 radical (unpaired) electrons. The molecular formula is C28H28N10O. The Morgan fingerprint density at radius 3 is 2.10 bits per heavy atom. The van der Waals surface area contributed by atoms with Crippen LogP contribution in [-0.2, 0) is 17.9 Å². The Labute approximate surface area is 225 Å². The molecule has 1 amide bonds. The van der Waals surface area contributed by atoms with Crippen LogP contribution < -0.4 is 10.2 Å². The van der Waals surface area contributed by atoms with E-state index in [2.05, 4.69) is 35.2 Å². The van der Waals surface area contributed by atoms with E-state index in [0.29, 0.717) is 24.6 Å². The summed E-state index contributed by atoms with van der Waals surface area (Å²) in [6, 6.07) is 7.73. The summed E-state index contributed by atoms with van der Waals surface area (Å²) < 4.78 is 3.84. The topological polar surface area (TPSA) is 118 Å². The van der Waals surface area contributed by atoms with Crippen LogP contribution in [0.15, 0.2) is 86.2 Å². The van der Waals surface area contributed by atoms with Crippen molar-refractivity contribution in [3.05, 3.63) is 109 Å². The van der Waals surface area contributed by atoms with Crippen molar-refractivity contribution < 1.29 is 4.79 Å². The molecule has 6 heterocycles. The molecule has 1 N–H and O–H groups in total. The number of imidazole rings is 2. The second kappa shape index (κ2) is 11.5. The van der Waals surface area contributed by atoms with Crippen molar-refractivity contribution in [3.8, 4) is 0 Å². The molecule has 6 aromatic heterocycles. The predicted molar refractivity (Wildman–Crippen MR) is 148 cm³/mol. The number of fused-ring (bicyclic) bond motifs is 2. The van der Waals surface area contributed by atoms with Gasteiger partial charge < -0.3 is 14.1 Å². The van der Waals surface area contributed by atoms with E-state index in [0.717, 1.165) is 34.0 Å². The van der Waals surface area contributed by atoms with Gasteiger partial charge in [-0.25, -0.2) is 19.9 Å². The van der Waals surface area contributed by atoms with Crippen molar-refractivity contribution in [2.24, 2.45) is 0 Å². The summed E-state index contributed by atoms with van der Waals surface area (Å²) in [7, 11) is 0. The van der Waals surface area contributed by atoms with Crippen LogP contribution in [0, 0.1) is 13.8 Å². The van der Waals surface area contributed by atoms with E-state index in [-0.39, 0.29) is 5.91 Å². The average molecular weight is 521 g/mol. The SMILES string of the molecule is CC(=O)N(Cc1cccnc1)c1nc(C)cn2ccnc12.Cc1cn2ccnc2c(NCc2cccnc2)n1. The van der Waals surface area contributed by atoms with Crippen LogP contribution in [0.25, 0.3) is 11.3 Å². The van der Waals surface area contributed by atoms with E-state index >= 15 is 0 Å². The molecular weight excluding hydrogens is 492 g/mol. The fraction of sp³-hybridized carbons (Fsp3) is 0.179. The number of anilines is 2. The van der Waals surface area contributed by atoms with Gasteiger partial charge in [-0.05, 0) is 37.1 Å². The van der Waals surface area contributed by atoms with Crippen LogP contribution in [0.4, 0.5) is 11.6 Å². The average Bonchev–Trinajstić information content (AvgIpc) is 3.61. The smallest absolute Gasteiger partial charge is 0.225 e. The first-order valence-corrected chi connectivity index (χ1v) is 12.4. The molecule has 0 unspecified atom stereocenters. The first kappa shape index (κ1) is 25.5. The summed E-state index contributed by atoms with van der Waals surface area (Å²) >= 11 is 0. The molecule has 0 fully saturated rings. The van der Waals surface area contributed by atoms with E-state index in [1.807, 2.05) is 77.9 Å². The predicted octanol–water partition coefficient (Wildman–Crippen LogP) is 4.03. The van der Waals surface area contributed by atoms with Gasteiger partial charge in [-0.2, -0.15) is 0 Å². The quantitative estimate of drug-likeness (QED) is 0.350. The molecule has 0 spiro atoms. The molecule has 11 nitrogen and oxygen atoms in total. The Kier molecular flexibility index (Phi) is 7.48. The van der Waals surface area contributed by atoms with Gasteiger partial charge in [-0.1, -0.05) is 12.1 Å². The van der Waals surface area contributed by atoms with Crippen LogP contribution in [0.1, 0.15) is 29.4 Å². The summed E-state index contributed by atoms with van der Waals surface area (Å²) in [4.78, 5) is 39.4. The van der Waals surface area contributed by atoms with Gasteiger partial charge in [0.15, 0.2) is 22.9 Å². The van der Waals surface area contributed by atoms with Crippen LogP contribution in [0.3, 0.4) is 0 Å². The number of carbonyl (C=O) groups is 1. The molecule has 0 saturated heterocycles. The van der Waals surface area contributed by atoms with Crippen molar-refractivity contribution >= 4 is 28.8 Å². The minimum absolute atomic E-state index is 0.0816. The summed E-state index contributed by atoms with van der Waals surface area (Å²) in [6.07, 6.45) is 18.1. The second-order valence-corrected chi connectivity index (χ2v) is 8.93. The lowest BCUT2D eigenvalue weighted by atomic mass is 10.2. The Morgan fingerprint density at radius 1 is 0.846 bits per heavy atom. The highest BCUT2D eigenvalue weighted by molar-refractivity contribution is 5.93. The zero-order chi connectivity index (χ0) is 27.2. The fourth-order valence-corrected chi connectivity index (χ4v) is 4.09. The number of amides is 1. The van der Waals surface area contributed by atoms with Crippen molar-refractivity contribution in [2.45, 2.75) is 33.9 Å². The highest BCUT2D eigenvalue weighted by Gasteiger charge is 2.18. The number of nitrogens with one attached hydrogen (secondary N) is 1. The molecule has 6 aromatic rings. The largest absolute Gasteiger partial charge is 0.363 e. The first-order valence-electron chi connectivity index (χ1n) is 12.4. The van der Waals surface area contributed by atoms with Gasteiger partial charge in [0.25, 0.3) is 0 Å². The summed E-state index contributed by atoms with van der Waals surface area (Å²) in [5, 5.41) is 3.30. The molecule has 0 aliphatic rings. The van der Waals surface area contributed by atoms with Gasteiger partial charge in [0.05, 0.1) is 17.9 Å². The normalized spacial score (nSPS) is 10.7. The lowest BCUT2D eigenvalue weighted by Crippen LogP contribution is -2.29. The van der Waals surface area contributed by atoms with Crippen LogP contribution in [0.2, 0.25) is 0 Å². The Morgan fingerprint density at radius 2 is 1.46 bits per heavy atom. The molecule has 196 valence electrons. The molecule has 0 bridgehead atoms. The number of aromatic nitrogens is 8. The lowest BCUT2D eigenvalue weighted by Gasteiger charge is -2.21. The zero-order valence-corrected chi connectivity index (χ0v) is 21.9. The molecule has 0 atom stereocenters. The summed E-state index contributed by atoms with van der Waals surface area (Å²) in [6.45, 7) is 6.49. The molecule has 0 aliphatic carbocycles. The monoisotopic (exact) mass is 520 g/mol. The maximum absolute atomic E-state index is 12.1. The van der Waals surface area contributed by atoms with Crippen LogP contribution in [-0.4, -0.2) is 44.6 Å². The van der Waals surface area contributed by atoms with Gasteiger partial charge in [0.2, 0.25) is 5.91 Å². The Balaban J connectivity index is 0.000000160. The number of carbonyl (C=O) groups excluding carboxylic acids is 1. The minimum atomic E-state index is -0.0816. The second-order valence-electron chi connectivity index (χ2n) is 8.93. The van der Waals surface area contributed by atoms with E-state index in [9.17, 15) is 4.79 Å². The lowest BCUT2D eigenvalue weighted by molar-refractivity contribution is -0.116. The standard InChI is InChI=1S/C15H15N5O.C13H13N5/c1-11-9-19-7-6-17-14(19)15(18-11)20(12(2)21)10-13-4-3-5-16-8-13;1-10-9-18-6-5-15-13(18)12(17-10)16-8-11-3-2-4-14-7-11/h3-9H,10H2,1-2H3;2-7,9H,8H2,1H3,(H,16,17). The van der Waals surface area contributed by atoms with E-state index < -0.39 is 0 Å². The number of aryl methyl sites for hydroxylation is 2. The Hall–Kier alpha value is -5.19. The van der Waals surface area contributed by atoms with Crippen molar-refractivity contribution in [1.82, 2.24) is 38.7 Å². The van der Waals surface area contributed by atoms with Gasteiger partial charge in [0.1, 0.15) is 0 Å². The molecule has 6 rings (SSSR count). The maximum atomic E-state index is 12.1. The molecule has 39 heavy (non-hydrogen) atoms. The molecule has 0 saturated carbocycles. The van der Waals surface area contributed by atoms with Crippen LogP contribution >= 0.6 is 0 Å². The number of hydrogen-bond acceptors (Lipinski definition) is 8. The van der Waals surface area contributed by atoms with E-state index in [1.165, 1.54) is 6.92 Å². The third kappa shape index (κ3) is 6.04. The minimum Gasteiger partial charge on any atom is -0.363 e. The van der Waals surface area contributed by atoms with Gasteiger partial charge in [-0.3, -0.25) is 19.7 Å². The van der Waals surface area contributed by atoms with Gasteiger partial charge in [0, 0.05) is 75.4 Å². The number of pyridine rings is 2. The number of nitrogens with zero attached hydrogens (tertiary/aromatic N) is 9. The number of hydrogen-bond donors (Lipinski definition) is 1. The first-order chi connectivity index (χ1) is 19.0. The van der Waals surface area contributed by atoms with Crippen LogP contribution in [0.5, 0.6) is 0 Å². The third-order valence-corrected chi connectivity index (χ3v) is 5.85. The third-order valence-electron chi connectivity index (χ3n) is 5.85. The number of rotatable bonds is 6. The highest BCUT2D eigenvalue weighted by atomic mass is 16.2. The van der Waals surface area contributed by atoms with E-state index in [1.54, 1.807) is 35.9 Å². The van der Waals surface area contributed by atoms with E-state index in [4.69, 9.17) is 0 Å². The highest BCUT2D eigenvalue weighted by Crippen LogP contribution is 2.21. The fourth-order valence-electron chi connectivity index (χ4n) is 4.09. The summed E-state index contributed by atoms with van der Waals surface area (Å²) in [5.74, 6) is 1.28. The van der Waals surface area contributed by atoms with Crippen molar-refractivity contribution in [1.29, 1.82) is 0 Å². The Bertz CT molecular complexity index is 1700. The van der Waals surface area contributed by atoms with Gasteiger partial charge in [-0.15, -0.1) is 0 Å². The van der Waals surface area contributed by atoms with Crippen molar-refractivity contribution in [3.63, 3.8) is 0 Å². The molecule has 0 aromatic carbocycles. The summed E-state index contributed by atoms with van der Waals surface area (Å²) in [5.41, 5.74) is 5.34.